The van der Waals surface area contributed by atoms with E-state index in [1.165, 1.54) is 14.2 Å². The van der Waals surface area contributed by atoms with Gasteiger partial charge in [0.25, 0.3) is 5.69 Å². The minimum atomic E-state index is -1.03. The normalized spacial score (nSPS) is 15.6. The van der Waals surface area contributed by atoms with Crippen molar-refractivity contribution in [2.24, 2.45) is 0 Å². The van der Waals surface area contributed by atoms with Gasteiger partial charge in [0, 0.05) is 17.7 Å². The number of rotatable bonds is 4. The molecule has 0 aromatic heterocycles. The standard InChI is InChI=1S/C16H13NO7/c1-22-12-6-4-9-13(15(12)23-2)16(19)24-14(9)10-7-8(17(20)21)3-5-11(10)18/h3-7,14,18H,1-2H3/p-1/t14-/m0/s1. The molecule has 0 radical (unpaired) electrons. The number of benzene rings is 2. The maximum absolute atomic E-state index is 12.2. The molecule has 24 heavy (non-hydrogen) atoms. The molecule has 124 valence electrons. The van der Waals surface area contributed by atoms with Gasteiger partial charge >= 0.3 is 5.97 Å². The van der Waals surface area contributed by atoms with E-state index in [-0.39, 0.29) is 22.6 Å². The molecule has 0 unspecified atom stereocenters. The maximum atomic E-state index is 12.2. The van der Waals surface area contributed by atoms with Gasteiger partial charge in [-0.2, -0.15) is 0 Å². The maximum Gasteiger partial charge on any atom is 0.343 e. The average molecular weight is 330 g/mol. The summed E-state index contributed by atoms with van der Waals surface area (Å²) in [7, 11) is 2.81. The van der Waals surface area contributed by atoms with E-state index in [9.17, 15) is 20.0 Å². The topological polar surface area (TPSA) is 111 Å². The SMILES string of the molecule is COc1ccc2c(c1OC)C(=O)O[C@@H]2c1cc([N+](=O)[O-])ccc1[O-]. The molecule has 0 bridgehead atoms. The Morgan fingerprint density at radius 1 is 1.12 bits per heavy atom. The van der Waals surface area contributed by atoms with Crippen LogP contribution in [0.5, 0.6) is 17.2 Å². The predicted octanol–water partition coefficient (Wildman–Crippen LogP) is 1.95. The largest absolute Gasteiger partial charge is 0.872 e. The van der Waals surface area contributed by atoms with Gasteiger partial charge in [-0.3, -0.25) is 10.1 Å². The highest BCUT2D eigenvalue weighted by Gasteiger charge is 2.37. The van der Waals surface area contributed by atoms with Crippen LogP contribution >= 0.6 is 0 Å². The summed E-state index contributed by atoms with van der Waals surface area (Å²) in [6, 6.07) is 6.46. The molecular formula is C16H12NO7-. The highest BCUT2D eigenvalue weighted by molar-refractivity contribution is 5.98. The fourth-order valence-electron chi connectivity index (χ4n) is 2.69. The number of fused-ring (bicyclic) bond motifs is 1. The molecule has 1 aliphatic rings. The number of carbonyl (C=O) groups excluding carboxylic acids is 1. The Morgan fingerprint density at radius 2 is 1.88 bits per heavy atom. The summed E-state index contributed by atoms with van der Waals surface area (Å²) in [4.78, 5) is 22.6. The number of cyclic esters (lactones) is 1. The highest BCUT2D eigenvalue weighted by atomic mass is 16.6. The Labute approximate surface area is 136 Å². The van der Waals surface area contributed by atoms with Crippen molar-refractivity contribution in [3.05, 3.63) is 57.1 Å². The second-order valence-corrected chi connectivity index (χ2v) is 5.03. The zero-order chi connectivity index (χ0) is 17.4. The monoisotopic (exact) mass is 330 g/mol. The zero-order valence-electron chi connectivity index (χ0n) is 12.8. The fraction of sp³-hybridized carbons (Fsp3) is 0.188. The van der Waals surface area contributed by atoms with E-state index in [1.807, 2.05) is 0 Å². The van der Waals surface area contributed by atoms with Crippen molar-refractivity contribution in [2.45, 2.75) is 6.10 Å². The number of hydrogen-bond acceptors (Lipinski definition) is 7. The number of hydrogen-bond donors (Lipinski definition) is 0. The number of methoxy groups -OCH3 is 2. The Morgan fingerprint density at radius 3 is 2.50 bits per heavy atom. The number of non-ortho nitro benzene ring substituents is 1. The lowest BCUT2D eigenvalue weighted by molar-refractivity contribution is -0.385. The van der Waals surface area contributed by atoms with Crippen LogP contribution in [-0.2, 0) is 4.74 Å². The van der Waals surface area contributed by atoms with E-state index < -0.39 is 22.7 Å². The van der Waals surface area contributed by atoms with Crippen LogP contribution in [0.4, 0.5) is 5.69 Å². The minimum absolute atomic E-state index is 0.0171. The summed E-state index contributed by atoms with van der Waals surface area (Å²) in [5, 5.41) is 23.0. The molecule has 8 nitrogen and oxygen atoms in total. The van der Waals surface area contributed by atoms with Gasteiger partial charge in [0.2, 0.25) is 0 Å². The van der Waals surface area contributed by atoms with Crippen molar-refractivity contribution in [1.82, 2.24) is 0 Å². The van der Waals surface area contributed by atoms with Crippen LogP contribution in [0.25, 0.3) is 0 Å². The van der Waals surface area contributed by atoms with Crippen LogP contribution in [-0.4, -0.2) is 25.1 Å². The number of carbonyl (C=O) groups is 1. The molecule has 2 aromatic carbocycles. The third-order valence-corrected chi connectivity index (χ3v) is 3.78. The molecule has 1 aliphatic heterocycles. The van der Waals surface area contributed by atoms with Crippen LogP contribution in [0.15, 0.2) is 30.3 Å². The molecule has 0 amide bonds. The first-order valence-corrected chi connectivity index (χ1v) is 6.89. The van der Waals surface area contributed by atoms with Gasteiger partial charge in [0.1, 0.15) is 5.56 Å². The van der Waals surface area contributed by atoms with Crippen molar-refractivity contribution < 1.29 is 29.0 Å². The molecule has 3 rings (SSSR count). The number of nitrogens with zero attached hydrogens (tertiary/aromatic N) is 1. The first-order chi connectivity index (χ1) is 11.5. The summed E-state index contributed by atoms with van der Waals surface area (Å²) in [5.41, 5.74) is 0.307. The summed E-state index contributed by atoms with van der Waals surface area (Å²) < 4.78 is 15.6. The van der Waals surface area contributed by atoms with Gasteiger partial charge in [-0.25, -0.2) is 4.79 Å². The Kier molecular flexibility index (Phi) is 3.72. The first kappa shape index (κ1) is 15.6. The van der Waals surface area contributed by atoms with Crippen LogP contribution in [0.2, 0.25) is 0 Å². The van der Waals surface area contributed by atoms with Gasteiger partial charge in [-0.05, 0) is 11.6 Å². The Bertz CT molecular complexity index is 847. The highest BCUT2D eigenvalue weighted by Crippen LogP contribution is 2.46. The second-order valence-electron chi connectivity index (χ2n) is 5.03. The predicted molar refractivity (Wildman–Crippen MR) is 79.3 cm³/mol. The van der Waals surface area contributed by atoms with Crippen molar-refractivity contribution in [1.29, 1.82) is 0 Å². The van der Waals surface area contributed by atoms with E-state index in [0.29, 0.717) is 11.3 Å². The van der Waals surface area contributed by atoms with Crippen molar-refractivity contribution >= 4 is 11.7 Å². The smallest absolute Gasteiger partial charge is 0.343 e. The molecule has 0 N–H and O–H groups in total. The van der Waals surface area contributed by atoms with Crippen LogP contribution in [0.3, 0.4) is 0 Å². The van der Waals surface area contributed by atoms with Gasteiger partial charge < -0.3 is 19.3 Å². The number of esters is 1. The Balaban J connectivity index is 2.17. The van der Waals surface area contributed by atoms with Crippen molar-refractivity contribution in [3.63, 3.8) is 0 Å². The number of ether oxygens (including phenoxy) is 3. The summed E-state index contributed by atoms with van der Waals surface area (Å²) in [6.45, 7) is 0. The third-order valence-electron chi connectivity index (χ3n) is 3.78. The average Bonchev–Trinajstić information content (AvgIpc) is 2.91. The summed E-state index contributed by atoms with van der Waals surface area (Å²) in [6.07, 6.45) is -1.03. The van der Waals surface area contributed by atoms with E-state index in [0.717, 1.165) is 18.2 Å². The molecule has 8 heteroatoms. The lowest BCUT2D eigenvalue weighted by Crippen LogP contribution is -2.06. The molecular weight excluding hydrogens is 318 g/mol. The van der Waals surface area contributed by atoms with E-state index in [4.69, 9.17) is 14.2 Å². The fourth-order valence-corrected chi connectivity index (χ4v) is 2.69. The van der Waals surface area contributed by atoms with Crippen molar-refractivity contribution in [3.8, 4) is 17.2 Å². The van der Waals surface area contributed by atoms with Crippen LogP contribution in [0, 0.1) is 10.1 Å². The minimum Gasteiger partial charge on any atom is -0.872 e. The Hall–Kier alpha value is -3.29. The number of nitro groups is 1. The van der Waals surface area contributed by atoms with E-state index in [2.05, 4.69) is 0 Å². The van der Waals surface area contributed by atoms with Crippen molar-refractivity contribution in [2.75, 3.05) is 14.2 Å². The molecule has 0 aliphatic carbocycles. The summed E-state index contributed by atoms with van der Waals surface area (Å²) in [5.74, 6) is -0.603. The van der Waals surface area contributed by atoms with Crippen LogP contribution < -0.4 is 14.6 Å². The summed E-state index contributed by atoms with van der Waals surface area (Å²) >= 11 is 0. The molecule has 1 heterocycles. The second kappa shape index (κ2) is 5.73. The zero-order valence-corrected chi connectivity index (χ0v) is 12.8. The molecule has 0 saturated heterocycles. The molecule has 0 spiro atoms. The van der Waals surface area contributed by atoms with E-state index in [1.54, 1.807) is 12.1 Å². The first-order valence-electron chi connectivity index (χ1n) is 6.89. The molecule has 2 aromatic rings. The third kappa shape index (κ3) is 2.28. The number of nitro benzene ring substituents is 1. The lowest BCUT2D eigenvalue weighted by Gasteiger charge is -2.18. The van der Waals surface area contributed by atoms with Gasteiger partial charge in [-0.15, -0.1) is 5.75 Å². The van der Waals surface area contributed by atoms with Crippen LogP contribution in [0.1, 0.15) is 27.6 Å². The van der Waals surface area contributed by atoms with Gasteiger partial charge in [-0.1, -0.05) is 12.1 Å². The molecule has 0 fully saturated rings. The van der Waals surface area contributed by atoms with E-state index >= 15 is 0 Å². The van der Waals surface area contributed by atoms with Gasteiger partial charge in [0.15, 0.2) is 17.6 Å². The molecule has 1 atom stereocenters. The lowest BCUT2D eigenvalue weighted by atomic mass is 9.97. The molecule has 0 saturated carbocycles. The quantitative estimate of drug-likeness (QED) is 0.478. The van der Waals surface area contributed by atoms with Gasteiger partial charge in [0.05, 0.1) is 19.1 Å².